The van der Waals surface area contributed by atoms with Crippen LogP contribution in [0.3, 0.4) is 0 Å². The van der Waals surface area contributed by atoms with Gasteiger partial charge in [-0.3, -0.25) is 0 Å². The fourth-order valence-corrected chi connectivity index (χ4v) is 4.35. The van der Waals surface area contributed by atoms with Crippen molar-refractivity contribution < 1.29 is 22.7 Å². The quantitative estimate of drug-likeness (QED) is 0.726. The van der Waals surface area contributed by atoms with Gasteiger partial charge in [-0.1, -0.05) is 11.6 Å². The van der Waals surface area contributed by atoms with E-state index in [0.29, 0.717) is 0 Å². The van der Waals surface area contributed by atoms with E-state index in [0.717, 1.165) is 10.4 Å². The maximum Gasteiger partial charge on any atom is 0.260 e. The zero-order valence-electron chi connectivity index (χ0n) is 14.4. The summed E-state index contributed by atoms with van der Waals surface area (Å²) in [6.45, 7) is -0.821. The average molecular weight is 427 g/mol. The van der Waals surface area contributed by atoms with Crippen LogP contribution in [0, 0.1) is 17.1 Å². The molecule has 0 spiro atoms. The van der Waals surface area contributed by atoms with Gasteiger partial charge in [0, 0.05) is 25.4 Å². The van der Waals surface area contributed by atoms with Crippen molar-refractivity contribution in [3.63, 3.8) is 0 Å². The summed E-state index contributed by atoms with van der Waals surface area (Å²) >= 11 is 5.74. The summed E-state index contributed by atoms with van der Waals surface area (Å²) in [5.74, 6) is -0.749. The summed E-state index contributed by atoms with van der Waals surface area (Å²) in [4.78, 5) is 3.81. The molecule has 0 aliphatic carbocycles. The largest absolute Gasteiger partial charge is 0.486 e. The van der Waals surface area contributed by atoms with Crippen LogP contribution in [0.5, 0.6) is 5.75 Å². The summed E-state index contributed by atoms with van der Waals surface area (Å²) < 4.78 is 46.0. The Hall–Kier alpha value is -2.29. The highest BCUT2D eigenvalue weighted by Crippen LogP contribution is 2.30. The Morgan fingerprint density at radius 3 is 2.79 bits per heavy atom. The molecule has 2 aromatic rings. The van der Waals surface area contributed by atoms with Gasteiger partial charge in [0.15, 0.2) is 5.03 Å². The molecule has 1 saturated heterocycles. The van der Waals surface area contributed by atoms with Gasteiger partial charge in [-0.15, -0.1) is 0 Å². The first-order chi connectivity index (χ1) is 13.2. The second kappa shape index (κ2) is 7.62. The van der Waals surface area contributed by atoms with E-state index >= 15 is 0 Å². The van der Waals surface area contributed by atoms with Crippen LogP contribution < -0.4 is 10.5 Å². The summed E-state index contributed by atoms with van der Waals surface area (Å²) in [7, 11) is -4.03. The molecular weight excluding hydrogens is 411 g/mol. The molecule has 0 amide bonds. The molecule has 1 aromatic carbocycles. The summed E-state index contributed by atoms with van der Waals surface area (Å²) in [6.07, 6.45) is 0.152. The third kappa shape index (κ3) is 3.80. The van der Waals surface area contributed by atoms with E-state index in [1.54, 1.807) is 6.07 Å². The highest BCUT2D eigenvalue weighted by atomic mass is 35.5. The molecule has 11 heteroatoms. The highest BCUT2D eigenvalue weighted by molar-refractivity contribution is 7.89. The molecule has 2 atom stereocenters. The van der Waals surface area contributed by atoms with Crippen LogP contribution in [-0.2, 0) is 10.0 Å². The summed E-state index contributed by atoms with van der Waals surface area (Å²) in [5.41, 5.74) is 3.80. The number of hydrogen-bond acceptors (Lipinski definition) is 7. The molecule has 1 aromatic heterocycles. The second-order valence-electron chi connectivity index (χ2n) is 6.28. The number of nitriles is 1. The van der Waals surface area contributed by atoms with Crippen LogP contribution >= 0.6 is 11.6 Å². The van der Waals surface area contributed by atoms with E-state index in [1.807, 2.05) is 0 Å². The number of sulfonamides is 1. The predicted octanol–water partition coefficient (Wildman–Crippen LogP) is 0.887. The molecule has 1 fully saturated rings. The number of aliphatic hydroxyl groups is 1. The Bertz CT molecular complexity index is 1030. The van der Waals surface area contributed by atoms with Crippen molar-refractivity contribution in [3.8, 4) is 11.8 Å². The van der Waals surface area contributed by atoms with E-state index in [1.165, 1.54) is 30.5 Å². The van der Waals surface area contributed by atoms with Crippen molar-refractivity contribution >= 4 is 21.6 Å². The molecule has 0 bridgehead atoms. The highest BCUT2D eigenvalue weighted by Gasteiger charge is 2.50. The normalized spacial score (nSPS) is 22.8. The minimum Gasteiger partial charge on any atom is -0.486 e. The first-order valence-corrected chi connectivity index (χ1v) is 9.92. The summed E-state index contributed by atoms with van der Waals surface area (Å²) in [5, 5.41) is 19.6. The van der Waals surface area contributed by atoms with Gasteiger partial charge in [0.25, 0.3) is 10.0 Å². The SMILES string of the molecule is N#Cc1ccc(OC2CN(S(=O)(=O)c3ccc(Cl)cn3)CC2(O)CN)cc1F. The zero-order chi connectivity index (χ0) is 20.5. The van der Waals surface area contributed by atoms with E-state index in [4.69, 9.17) is 27.3 Å². The third-order valence-corrected chi connectivity index (χ3v) is 6.37. The van der Waals surface area contributed by atoms with E-state index in [2.05, 4.69) is 4.98 Å². The Morgan fingerprint density at radius 2 is 2.21 bits per heavy atom. The minimum atomic E-state index is -4.03. The van der Waals surface area contributed by atoms with Gasteiger partial charge in [0.2, 0.25) is 0 Å². The van der Waals surface area contributed by atoms with Crippen LogP contribution in [0.25, 0.3) is 0 Å². The van der Waals surface area contributed by atoms with Gasteiger partial charge in [-0.2, -0.15) is 9.57 Å². The number of rotatable bonds is 5. The number of hydrogen-bond donors (Lipinski definition) is 2. The van der Waals surface area contributed by atoms with Crippen LogP contribution in [0.2, 0.25) is 5.02 Å². The second-order valence-corrected chi connectivity index (χ2v) is 8.60. The van der Waals surface area contributed by atoms with Gasteiger partial charge >= 0.3 is 0 Å². The summed E-state index contributed by atoms with van der Waals surface area (Å²) in [6, 6.07) is 7.91. The average Bonchev–Trinajstić information content (AvgIpc) is 3.00. The van der Waals surface area contributed by atoms with Gasteiger partial charge < -0.3 is 15.6 Å². The Kier molecular flexibility index (Phi) is 5.56. The van der Waals surface area contributed by atoms with Gasteiger partial charge in [0.1, 0.15) is 29.3 Å². The number of halogens is 2. The minimum absolute atomic E-state index is 0.0391. The number of ether oxygens (including phenoxy) is 1. The van der Waals surface area contributed by atoms with Crippen molar-refractivity contribution in [1.82, 2.24) is 9.29 Å². The van der Waals surface area contributed by atoms with Crippen LogP contribution in [0.1, 0.15) is 5.56 Å². The smallest absolute Gasteiger partial charge is 0.260 e. The van der Waals surface area contributed by atoms with Gasteiger partial charge in [-0.25, -0.2) is 17.8 Å². The zero-order valence-corrected chi connectivity index (χ0v) is 16.0. The third-order valence-electron chi connectivity index (χ3n) is 4.42. The molecule has 1 aliphatic heterocycles. The van der Waals surface area contributed by atoms with Crippen LogP contribution in [0.4, 0.5) is 4.39 Å². The lowest BCUT2D eigenvalue weighted by Crippen LogP contribution is -2.50. The van der Waals surface area contributed by atoms with Crippen molar-refractivity contribution in [3.05, 3.63) is 52.9 Å². The molecule has 0 saturated carbocycles. The number of benzene rings is 1. The van der Waals surface area contributed by atoms with Crippen molar-refractivity contribution in [1.29, 1.82) is 5.26 Å². The molecule has 3 rings (SSSR count). The van der Waals surface area contributed by atoms with E-state index in [9.17, 15) is 17.9 Å². The van der Waals surface area contributed by atoms with Gasteiger partial charge in [0.05, 0.1) is 17.1 Å². The first kappa shape index (κ1) is 20.4. The number of nitrogens with two attached hydrogens (primary N) is 1. The number of nitrogens with zero attached hydrogens (tertiary/aromatic N) is 3. The topological polar surface area (TPSA) is 130 Å². The molecule has 8 nitrogen and oxygen atoms in total. The Morgan fingerprint density at radius 1 is 1.46 bits per heavy atom. The molecule has 148 valence electrons. The molecule has 2 unspecified atom stereocenters. The fourth-order valence-electron chi connectivity index (χ4n) is 2.82. The molecular formula is C17H16ClFN4O4S. The van der Waals surface area contributed by atoms with E-state index < -0.39 is 27.5 Å². The Labute approximate surface area is 166 Å². The van der Waals surface area contributed by atoms with Crippen molar-refractivity contribution in [2.24, 2.45) is 5.73 Å². The number of aromatic nitrogens is 1. The van der Waals surface area contributed by atoms with Crippen molar-refractivity contribution in [2.75, 3.05) is 19.6 Å². The van der Waals surface area contributed by atoms with Gasteiger partial charge in [-0.05, 0) is 24.3 Å². The lowest BCUT2D eigenvalue weighted by Gasteiger charge is -2.27. The van der Waals surface area contributed by atoms with Crippen LogP contribution in [-0.4, -0.2) is 54.2 Å². The maximum atomic E-state index is 13.8. The van der Waals surface area contributed by atoms with Crippen LogP contribution in [0.15, 0.2) is 41.6 Å². The monoisotopic (exact) mass is 426 g/mol. The fraction of sp³-hybridized carbons (Fsp3) is 0.294. The molecule has 3 N–H and O–H groups in total. The molecule has 1 aliphatic rings. The first-order valence-electron chi connectivity index (χ1n) is 8.10. The predicted molar refractivity (Wildman–Crippen MR) is 97.5 cm³/mol. The Balaban J connectivity index is 1.86. The lowest BCUT2D eigenvalue weighted by atomic mass is 10.0. The van der Waals surface area contributed by atoms with E-state index in [-0.39, 0.29) is 41.0 Å². The number of pyridine rings is 1. The standard InChI is InChI=1S/C17H16ClFN4O4S/c18-12-2-4-16(22-7-12)28(25,26)23-8-15(17(24,9-21)10-23)27-13-3-1-11(6-20)14(19)5-13/h1-5,7,15,24H,8-10,21H2. The van der Waals surface area contributed by atoms with Crippen molar-refractivity contribution in [2.45, 2.75) is 16.7 Å². The molecule has 2 heterocycles. The molecule has 28 heavy (non-hydrogen) atoms. The lowest BCUT2D eigenvalue weighted by molar-refractivity contribution is -0.0201. The molecule has 0 radical (unpaired) electrons. The number of β-amino-alcohol motifs (C(OH)–C–C–N with tert-alkyl or cyclic N) is 1. The maximum absolute atomic E-state index is 13.8.